The smallest absolute Gasteiger partial charge is 0.306 e. The van der Waals surface area contributed by atoms with Crippen LogP contribution in [0.1, 0.15) is 69.4 Å². The summed E-state index contributed by atoms with van der Waals surface area (Å²) >= 11 is 5.73. The van der Waals surface area contributed by atoms with Gasteiger partial charge in [0.1, 0.15) is 18.0 Å². The van der Waals surface area contributed by atoms with Crippen LogP contribution in [0.15, 0.2) is 30.4 Å². The van der Waals surface area contributed by atoms with Gasteiger partial charge in [0.05, 0.1) is 6.10 Å². The zero-order chi connectivity index (χ0) is 25.4. The van der Waals surface area contributed by atoms with Gasteiger partial charge in [-0.15, -0.1) is 23.4 Å². The molecule has 2 N–H and O–H groups in total. The molecular formula is C28H35ClO6. The second-order valence-corrected chi connectivity index (χ2v) is 9.76. The largest absolute Gasteiger partial charge is 0.489 e. The molecule has 0 bridgehead atoms. The van der Waals surface area contributed by atoms with E-state index in [4.69, 9.17) is 26.2 Å². The number of carboxylic acid groups (broad SMARTS) is 1. The van der Waals surface area contributed by atoms with Crippen LogP contribution >= 0.6 is 11.6 Å². The van der Waals surface area contributed by atoms with Gasteiger partial charge in [-0.3, -0.25) is 9.59 Å². The highest BCUT2D eigenvalue weighted by atomic mass is 35.5. The Balaban J connectivity index is 1.83. The van der Waals surface area contributed by atoms with E-state index in [2.05, 4.69) is 11.8 Å². The lowest BCUT2D eigenvalue weighted by Crippen LogP contribution is -2.24. The van der Waals surface area contributed by atoms with Gasteiger partial charge >= 0.3 is 11.9 Å². The summed E-state index contributed by atoms with van der Waals surface area (Å²) in [6.07, 6.45) is 5.87. The van der Waals surface area contributed by atoms with Crippen LogP contribution in [0.25, 0.3) is 0 Å². The third-order valence-electron chi connectivity index (χ3n) is 6.81. The highest BCUT2D eigenvalue weighted by molar-refractivity contribution is 6.17. The number of hydrogen-bond donors (Lipinski definition) is 2. The van der Waals surface area contributed by atoms with Crippen LogP contribution in [0.4, 0.5) is 0 Å². The number of aliphatic hydroxyl groups is 1. The molecule has 0 amide bonds. The van der Waals surface area contributed by atoms with Crippen molar-refractivity contribution in [2.24, 2.45) is 11.8 Å². The molecule has 0 spiro atoms. The number of ether oxygens (including phenoxy) is 2. The molecule has 1 aromatic rings. The number of benzene rings is 1. The van der Waals surface area contributed by atoms with Crippen molar-refractivity contribution in [3.05, 3.63) is 41.5 Å². The number of para-hydroxylation sites is 1. The van der Waals surface area contributed by atoms with Gasteiger partial charge < -0.3 is 19.7 Å². The predicted octanol–water partition coefficient (Wildman–Crippen LogP) is 4.86. The summed E-state index contributed by atoms with van der Waals surface area (Å²) in [5.41, 5.74) is 2.06. The third kappa shape index (κ3) is 7.02. The van der Waals surface area contributed by atoms with Gasteiger partial charge in [-0.1, -0.05) is 37.3 Å². The molecule has 7 heteroatoms. The van der Waals surface area contributed by atoms with Gasteiger partial charge in [0.2, 0.25) is 0 Å². The Bertz CT molecular complexity index is 977. The number of aliphatic hydroxyl groups excluding tert-OH is 1. The molecule has 0 radical (unpaired) electrons. The third-order valence-corrected chi connectivity index (χ3v) is 7.08. The Morgan fingerprint density at radius 3 is 2.83 bits per heavy atom. The van der Waals surface area contributed by atoms with E-state index in [1.165, 1.54) is 0 Å². The first-order valence-electron chi connectivity index (χ1n) is 12.4. The second kappa shape index (κ2) is 13.0. The van der Waals surface area contributed by atoms with Crippen molar-refractivity contribution in [3.8, 4) is 17.6 Å². The fraction of sp³-hybridized carbons (Fsp3) is 0.571. The topological polar surface area (TPSA) is 93.1 Å². The van der Waals surface area contributed by atoms with Crippen molar-refractivity contribution in [1.29, 1.82) is 0 Å². The van der Waals surface area contributed by atoms with Crippen LogP contribution in [0, 0.1) is 23.7 Å². The van der Waals surface area contributed by atoms with E-state index in [1.807, 2.05) is 31.2 Å². The number of aliphatic carboxylic acids is 1. The molecule has 1 fully saturated rings. The molecule has 6 nitrogen and oxygen atoms in total. The summed E-state index contributed by atoms with van der Waals surface area (Å²) in [5, 5.41) is 19.6. The number of hydrogen-bond acceptors (Lipinski definition) is 5. The number of alkyl halides is 1. The number of carbonyl (C=O) groups is 2. The molecule has 6 atom stereocenters. The van der Waals surface area contributed by atoms with Crippen LogP contribution in [0.3, 0.4) is 0 Å². The summed E-state index contributed by atoms with van der Waals surface area (Å²) in [7, 11) is 0. The highest BCUT2D eigenvalue weighted by Gasteiger charge is 2.51. The Labute approximate surface area is 212 Å². The first-order chi connectivity index (χ1) is 16.8. The van der Waals surface area contributed by atoms with E-state index >= 15 is 0 Å². The molecule has 0 unspecified atom stereocenters. The minimum absolute atomic E-state index is 0.00978. The normalized spacial score (nSPS) is 24.1. The van der Waals surface area contributed by atoms with Crippen molar-refractivity contribution in [1.82, 2.24) is 0 Å². The number of esters is 1. The van der Waals surface area contributed by atoms with Gasteiger partial charge in [0, 0.05) is 49.0 Å². The number of fused-ring (bicyclic) bond motifs is 3. The fourth-order valence-corrected chi connectivity index (χ4v) is 5.09. The van der Waals surface area contributed by atoms with Gasteiger partial charge in [-0.2, -0.15) is 0 Å². The number of rotatable bonds is 12. The number of carbonyl (C=O) groups excluding carboxylic acids is 1. The van der Waals surface area contributed by atoms with Crippen LogP contribution in [-0.4, -0.2) is 46.3 Å². The summed E-state index contributed by atoms with van der Waals surface area (Å²) in [6, 6.07) is 5.99. The molecule has 1 heterocycles. The Hall–Kier alpha value is -2.49. The van der Waals surface area contributed by atoms with E-state index in [1.54, 1.807) is 13.0 Å². The molecule has 3 rings (SSSR count). The van der Waals surface area contributed by atoms with Gasteiger partial charge in [0.15, 0.2) is 0 Å². The van der Waals surface area contributed by atoms with Crippen LogP contribution in [0.2, 0.25) is 0 Å². The monoisotopic (exact) mass is 502 g/mol. The van der Waals surface area contributed by atoms with E-state index in [9.17, 15) is 14.7 Å². The van der Waals surface area contributed by atoms with Gasteiger partial charge in [0.25, 0.3) is 0 Å². The van der Waals surface area contributed by atoms with Crippen LogP contribution < -0.4 is 4.74 Å². The molecule has 0 saturated heterocycles. The maximum absolute atomic E-state index is 12.4. The van der Waals surface area contributed by atoms with Gasteiger partial charge in [-0.05, 0) is 37.7 Å². The van der Waals surface area contributed by atoms with Crippen molar-refractivity contribution >= 4 is 23.5 Å². The first kappa shape index (κ1) is 27.1. The SMILES string of the molecule is CC#CC[C@H](C)[C@H](O)/C=C/[C@@H]1[C@H]2c3cccc(CCCC(=O)O)c3O[C@H]2C[C@H]1OC(=O)CCCCl. The lowest BCUT2D eigenvalue weighted by atomic mass is 9.86. The lowest BCUT2D eigenvalue weighted by molar-refractivity contribution is -0.150. The first-order valence-corrected chi connectivity index (χ1v) is 12.9. The molecule has 2 aliphatic rings. The zero-order valence-corrected chi connectivity index (χ0v) is 21.2. The fourth-order valence-electron chi connectivity index (χ4n) is 4.95. The maximum Gasteiger partial charge on any atom is 0.306 e. The molecular weight excluding hydrogens is 468 g/mol. The maximum atomic E-state index is 12.4. The number of halogens is 1. The molecule has 1 saturated carbocycles. The van der Waals surface area contributed by atoms with Crippen molar-refractivity contribution in [2.75, 3.05) is 5.88 Å². The standard InChI is InChI=1S/C28H35ClO6/c1-3-4-8-18(2)22(30)15-14-20-23(34-26(33)13-7-16-29)17-24-27(20)21-11-5-9-19(28(21)35-24)10-6-12-25(31)32/h5,9,11,14-15,18,20,22-24,27,30H,6-8,10,12-13,16-17H2,1-2H3,(H,31,32)/b15-14+/t18-,20-,22+,23+,24-,27-/m0/s1. The van der Waals surface area contributed by atoms with Crippen LogP contribution in [-0.2, 0) is 20.7 Å². The van der Waals surface area contributed by atoms with Gasteiger partial charge in [-0.25, -0.2) is 0 Å². The van der Waals surface area contributed by atoms with Crippen molar-refractivity contribution in [3.63, 3.8) is 0 Å². The Morgan fingerprint density at radius 1 is 1.31 bits per heavy atom. The van der Waals surface area contributed by atoms with E-state index in [-0.39, 0.29) is 48.8 Å². The predicted molar refractivity (Wildman–Crippen MR) is 134 cm³/mol. The molecule has 0 aromatic heterocycles. The van der Waals surface area contributed by atoms with Crippen molar-refractivity contribution < 1.29 is 29.3 Å². The van der Waals surface area contributed by atoms with E-state index in [0.29, 0.717) is 38.0 Å². The summed E-state index contributed by atoms with van der Waals surface area (Å²) in [6.45, 7) is 3.74. The molecule has 1 aromatic carbocycles. The highest BCUT2D eigenvalue weighted by Crippen LogP contribution is 2.53. The summed E-state index contributed by atoms with van der Waals surface area (Å²) in [5.74, 6) is 5.84. The summed E-state index contributed by atoms with van der Waals surface area (Å²) < 4.78 is 12.2. The summed E-state index contributed by atoms with van der Waals surface area (Å²) in [4.78, 5) is 23.3. The zero-order valence-electron chi connectivity index (χ0n) is 20.4. The molecule has 1 aliphatic carbocycles. The van der Waals surface area contributed by atoms with Crippen molar-refractivity contribution in [2.45, 2.75) is 83.0 Å². The Kier molecular flexibility index (Phi) is 10.1. The minimum atomic E-state index is -0.808. The lowest BCUT2D eigenvalue weighted by Gasteiger charge is -2.22. The second-order valence-electron chi connectivity index (χ2n) is 9.38. The molecule has 35 heavy (non-hydrogen) atoms. The number of aryl methyl sites for hydroxylation is 1. The average Bonchev–Trinajstić information content (AvgIpc) is 3.35. The van der Waals surface area contributed by atoms with E-state index in [0.717, 1.165) is 16.9 Å². The molecule has 190 valence electrons. The quantitative estimate of drug-likeness (QED) is 0.183. The van der Waals surface area contributed by atoms with E-state index < -0.39 is 12.1 Å². The van der Waals surface area contributed by atoms with Crippen LogP contribution in [0.5, 0.6) is 5.75 Å². The number of carboxylic acids is 1. The minimum Gasteiger partial charge on any atom is -0.489 e. The molecule has 1 aliphatic heterocycles. The Morgan fingerprint density at radius 2 is 2.11 bits per heavy atom. The average molecular weight is 503 g/mol.